The Labute approximate surface area is 200 Å². The predicted octanol–water partition coefficient (Wildman–Crippen LogP) is 5.21. The third-order valence-corrected chi connectivity index (χ3v) is 6.71. The van der Waals surface area contributed by atoms with Crippen LogP contribution < -0.4 is 9.64 Å². The van der Waals surface area contributed by atoms with E-state index in [4.69, 9.17) is 9.15 Å². The predicted molar refractivity (Wildman–Crippen MR) is 127 cm³/mol. The summed E-state index contributed by atoms with van der Waals surface area (Å²) >= 11 is 1.04. The minimum Gasteiger partial charge on any atom is -0.503 e. The van der Waals surface area contributed by atoms with Gasteiger partial charge in [0.15, 0.2) is 22.4 Å². The lowest BCUT2D eigenvalue weighted by atomic mass is 9.95. The summed E-state index contributed by atoms with van der Waals surface area (Å²) in [5.74, 6) is -1.67. The van der Waals surface area contributed by atoms with Gasteiger partial charge in [0.25, 0.3) is 5.91 Å². The number of benzene rings is 1. The first-order valence-corrected chi connectivity index (χ1v) is 11.7. The zero-order valence-corrected chi connectivity index (χ0v) is 19.8. The summed E-state index contributed by atoms with van der Waals surface area (Å²) in [4.78, 5) is 44.6. The maximum absolute atomic E-state index is 13.3. The molecule has 0 saturated heterocycles. The van der Waals surface area contributed by atoms with E-state index in [9.17, 15) is 19.5 Å². The molecule has 1 amide bonds. The highest BCUT2D eigenvalue weighted by Gasteiger charge is 2.46. The molecule has 3 aromatic rings. The number of thiazole rings is 1. The van der Waals surface area contributed by atoms with E-state index >= 15 is 0 Å². The van der Waals surface area contributed by atoms with Crippen LogP contribution >= 0.6 is 11.3 Å². The number of aliphatic hydroxyl groups is 1. The Morgan fingerprint density at radius 2 is 2.06 bits per heavy atom. The molecule has 1 aliphatic heterocycles. The van der Waals surface area contributed by atoms with Crippen LogP contribution in [0.5, 0.6) is 5.75 Å². The van der Waals surface area contributed by atoms with Crippen molar-refractivity contribution >= 4 is 33.9 Å². The number of hydrogen-bond donors (Lipinski definition) is 1. The highest BCUT2D eigenvalue weighted by Crippen LogP contribution is 2.44. The smallest absolute Gasteiger partial charge is 0.296 e. The molecule has 2 aromatic heterocycles. The van der Waals surface area contributed by atoms with Crippen molar-refractivity contribution in [3.63, 3.8) is 0 Å². The van der Waals surface area contributed by atoms with Crippen molar-refractivity contribution in [2.45, 2.75) is 39.7 Å². The molecule has 9 heteroatoms. The molecule has 1 N–H and O–H groups in total. The summed E-state index contributed by atoms with van der Waals surface area (Å²) in [5, 5.41) is 11.0. The van der Waals surface area contributed by atoms with E-state index in [1.165, 1.54) is 24.2 Å². The molecule has 4 rings (SSSR count). The van der Waals surface area contributed by atoms with E-state index in [2.05, 4.69) is 11.9 Å². The standard InChI is InChI=1S/C25H24N2O6S/c1-4-5-11-32-17-9-6-8-16(13-17)20-19(21(29)18-10-7-12-33-18)22(30)24(31)27(20)25-26-14(2)23(34-25)15(3)28/h6-10,12-13,20,30H,4-5,11H2,1-3H3. The Morgan fingerprint density at radius 3 is 2.71 bits per heavy atom. The van der Waals surface area contributed by atoms with Gasteiger partial charge in [-0.25, -0.2) is 4.98 Å². The van der Waals surface area contributed by atoms with E-state index in [0.29, 0.717) is 28.5 Å². The number of aliphatic hydroxyl groups excluding tert-OH is 1. The fraction of sp³-hybridized carbons (Fsp3) is 0.280. The molecule has 1 aliphatic rings. The van der Waals surface area contributed by atoms with Crippen LogP contribution in [-0.4, -0.2) is 34.2 Å². The van der Waals surface area contributed by atoms with Gasteiger partial charge in [0.2, 0.25) is 5.78 Å². The van der Waals surface area contributed by atoms with Crippen molar-refractivity contribution < 1.29 is 28.6 Å². The van der Waals surface area contributed by atoms with E-state index in [1.807, 2.05) is 0 Å². The van der Waals surface area contributed by atoms with Crippen LogP contribution in [0.1, 0.15) is 64.2 Å². The van der Waals surface area contributed by atoms with Crippen molar-refractivity contribution in [3.05, 3.63) is 75.9 Å². The molecule has 0 bridgehead atoms. The zero-order chi connectivity index (χ0) is 24.4. The topological polar surface area (TPSA) is 110 Å². The molecule has 0 aliphatic carbocycles. The molecule has 0 radical (unpaired) electrons. The van der Waals surface area contributed by atoms with Gasteiger partial charge in [-0.05, 0) is 43.2 Å². The number of unbranched alkanes of at least 4 members (excludes halogenated alkanes) is 1. The van der Waals surface area contributed by atoms with Gasteiger partial charge in [-0.15, -0.1) is 0 Å². The minimum absolute atomic E-state index is 0.00343. The molecule has 34 heavy (non-hydrogen) atoms. The zero-order valence-electron chi connectivity index (χ0n) is 19.0. The van der Waals surface area contributed by atoms with E-state index < -0.39 is 23.5 Å². The first-order valence-electron chi connectivity index (χ1n) is 10.9. The Balaban J connectivity index is 1.83. The number of carbonyl (C=O) groups is 3. The van der Waals surface area contributed by atoms with Crippen LogP contribution in [0.25, 0.3) is 0 Å². The van der Waals surface area contributed by atoms with E-state index in [1.54, 1.807) is 37.3 Å². The molecule has 176 valence electrons. The van der Waals surface area contributed by atoms with Crippen molar-refractivity contribution in [3.8, 4) is 5.75 Å². The SMILES string of the molecule is CCCCOc1cccc(C2C(C(=O)c3ccco3)=C(O)C(=O)N2c2nc(C)c(C(C)=O)s2)c1. The van der Waals surface area contributed by atoms with Crippen LogP contribution in [0, 0.1) is 6.92 Å². The van der Waals surface area contributed by atoms with Crippen molar-refractivity contribution in [2.24, 2.45) is 0 Å². The van der Waals surface area contributed by atoms with Gasteiger partial charge in [0.05, 0.1) is 35.1 Å². The molecule has 0 saturated carbocycles. The molecule has 1 atom stereocenters. The lowest BCUT2D eigenvalue weighted by Crippen LogP contribution is -2.31. The monoisotopic (exact) mass is 480 g/mol. The molecule has 3 heterocycles. The fourth-order valence-corrected chi connectivity index (χ4v) is 4.80. The van der Waals surface area contributed by atoms with Crippen molar-refractivity contribution in [1.82, 2.24) is 4.98 Å². The largest absolute Gasteiger partial charge is 0.503 e. The van der Waals surface area contributed by atoms with Crippen LogP contribution in [-0.2, 0) is 4.79 Å². The molecule has 0 fully saturated rings. The van der Waals surface area contributed by atoms with Crippen LogP contribution in [0.15, 0.2) is 58.4 Å². The normalized spacial score (nSPS) is 15.8. The summed E-state index contributed by atoms with van der Waals surface area (Å²) in [7, 11) is 0. The van der Waals surface area contributed by atoms with Crippen LogP contribution in [0.4, 0.5) is 5.13 Å². The number of hydrogen-bond acceptors (Lipinski definition) is 8. The third kappa shape index (κ3) is 4.26. The number of rotatable bonds is 9. The second-order valence-electron chi connectivity index (χ2n) is 7.89. The second-order valence-corrected chi connectivity index (χ2v) is 8.87. The summed E-state index contributed by atoms with van der Waals surface area (Å²) in [6.07, 6.45) is 3.21. The highest BCUT2D eigenvalue weighted by molar-refractivity contribution is 7.17. The fourth-order valence-electron chi connectivity index (χ4n) is 3.81. The average molecular weight is 481 g/mol. The number of nitrogens with zero attached hydrogens (tertiary/aromatic N) is 2. The first-order chi connectivity index (χ1) is 16.3. The number of ether oxygens (including phenoxy) is 1. The lowest BCUT2D eigenvalue weighted by molar-refractivity contribution is -0.117. The number of ketones is 2. The molecule has 8 nitrogen and oxygen atoms in total. The Hall–Kier alpha value is -3.72. The summed E-state index contributed by atoms with van der Waals surface area (Å²) in [6, 6.07) is 9.08. The summed E-state index contributed by atoms with van der Waals surface area (Å²) < 4.78 is 11.1. The number of anilines is 1. The molecular formula is C25H24N2O6S. The Bertz CT molecular complexity index is 1270. The van der Waals surface area contributed by atoms with Crippen molar-refractivity contribution in [1.29, 1.82) is 0 Å². The van der Waals surface area contributed by atoms with Gasteiger partial charge in [0.1, 0.15) is 5.75 Å². The minimum atomic E-state index is -0.981. The van der Waals surface area contributed by atoms with Gasteiger partial charge in [0, 0.05) is 6.92 Å². The quantitative estimate of drug-likeness (QED) is 0.331. The van der Waals surface area contributed by atoms with E-state index in [-0.39, 0.29) is 22.2 Å². The number of amides is 1. The van der Waals surface area contributed by atoms with Gasteiger partial charge in [-0.3, -0.25) is 19.3 Å². The summed E-state index contributed by atoms with van der Waals surface area (Å²) in [5.41, 5.74) is 0.905. The number of aryl methyl sites for hydroxylation is 1. The van der Waals surface area contributed by atoms with E-state index in [0.717, 1.165) is 24.2 Å². The van der Waals surface area contributed by atoms with Gasteiger partial charge in [-0.1, -0.05) is 36.8 Å². The van der Waals surface area contributed by atoms with Crippen LogP contribution in [0.3, 0.4) is 0 Å². The number of carbonyl (C=O) groups excluding carboxylic acids is 3. The maximum atomic E-state index is 13.3. The highest BCUT2D eigenvalue weighted by atomic mass is 32.1. The number of Topliss-reactive ketones (excluding diaryl/α,β-unsaturated/α-hetero) is 2. The molecule has 1 aromatic carbocycles. The number of furan rings is 1. The molecule has 0 spiro atoms. The van der Waals surface area contributed by atoms with Gasteiger partial charge in [-0.2, -0.15) is 0 Å². The molecular weight excluding hydrogens is 456 g/mol. The Morgan fingerprint density at radius 1 is 1.26 bits per heavy atom. The average Bonchev–Trinajstić information content (AvgIpc) is 3.53. The van der Waals surface area contributed by atoms with Crippen LogP contribution in [0.2, 0.25) is 0 Å². The molecule has 1 unspecified atom stereocenters. The Kier molecular flexibility index (Phi) is 6.65. The number of aromatic nitrogens is 1. The lowest BCUT2D eigenvalue weighted by Gasteiger charge is -2.24. The van der Waals surface area contributed by atoms with Gasteiger partial charge >= 0.3 is 0 Å². The second kappa shape index (κ2) is 9.64. The van der Waals surface area contributed by atoms with Gasteiger partial charge < -0.3 is 14.3 Å². The maximum Gasteiger partial charge on any atom is 0.296 e. The first kappa shape index (κ1) is 23.4. The third-order valence-electron chi connectivity index (χ3n) is 5.45. The summed E-state index contributed by atoms with van der Waals surface area (Å²) in [6.45, 7) is 5.69. The van der Waals surface area contributed by atoms with Crippen molar-refractivity contribution in [2.75, 3.05) is 11.5 Å².